The number of nitrogens with zero attached hydrogens (tertiary/aromatic N) is 2. The van der Waals surface area contributed by atoms with E-state index in [0.717, 1.165) is 20.1 Å². The second kappa shape index (κ2) is 5.71. The van der Waals surface area contributed by atoms with E-state index in [1.165, 1.54) is 6.07 Å². The first kappa shape index (κ1) is 15.0. The van der Waals surface area contributed by atoms with Gasteiger partial charge in [0.05, 0.1) is 22.6 Å². The number of hydrogen-bond acceptors (Lipinski definition) is 1. The minimum Gasteiger partial charge on any atom is -0.293 e. The lowest BCUT2D eigenvalue weighted by atomic mass is 10.2. The largest absolute Gasteiger partial charge is 0.293 e. The second-order valence-electron chi connectivity index (χ2n) is 4.66. The monoisotopic (exact) mass is 430 g/mol. The van der Waals surface area contributed by atoms with Gasteiger partial charge in [-0.15, -0.1) is 11.6 Å². The average Bonchev–Trinajstić information content (AvgIpc) is 2.77. The van der Waals surface area contributed by atoms with E-state index >= 15 is 0 Å². The molecule has 2 nitrogen and oxygen atoms in total. The van der Waals surface area contributed by atoms with E-state index in [0.29, 0.717) is 16.9 Å². The number of aryl methyl sites for hydroxylation is 1. The van der Waals surface area contributed by atoms with Gasteiger partial charge in [-0.3, -0.25) is 4.57 Å². The molecule has 0 spiro atoms. The van der Waals surface area contributed by atoms with Crippen molar-refractivity contribution in [1.82, 2.24) is 9.55 Å². The van der Waals surface area contributed by atoms with E-state index < -0.39 is 0 Å². The van der Waals surface area contributed by atoms with Gasteiger partial charge in [0, 0.05) is 15.0 Å². The zero-order chi connectivity index (χ0) is 15.1. The maximum Gasteiger partial charge on any atom is 0.129 e. The lowest BCUT2D eigenvalue weighted by Gasteiger charge is -2.12. The smallest absolute Gasteiger partial charge is 0.129 e. The maximum absolute atomic E-state index is 13.8. The van der Waals surface area contributed by atoms with Crippen LogP contribution in [-0.2, 0) is 5.88 Å². The van der Waals surface area contributed by atoms with Crippen LogP contribution in [0.1, 0.15) is 11.4 Å². The van der Waals surface area contributed by atoms with Crippen molar-refractivity contribution in [3.63, 3.8) is 0 Å². The lowest BCUT2D eigenvalue weighted by molar-refractivity contribution is 0.620. The van der Waals surface area contributed by atoms with E-state index in [9.17, 15) is 4.39 Å². The van der Waals surface area contributed by atoms with Crippen LogP contribution in [-0.4, -0.2) is 9.55 Å². The van der Waals surface area contributed by atoms with Crippen molar-refractivity contribution in [3.05, 3.63) is 56.5 Å². The highest BCUT2D eigenvalue weighted by Crippen LogP contribution is 2.34. The molecule has 1 aromatic heterocycles. The van der Waals surface area contributed by atoms with E-state index in [1.54, 1.807) is 13.0 Å². The second-order valence-corrected chi connectivity index (χ2v) is 6.63. The average molecular weight is 433 g/mol. The summed E-state index contributed by atoms with van der Waals surface area (Å²) in [6.45, 7) is 1.74. The molecule has 21 heavy (non-hydrogen) atoms. The Hall–Kier alpha value is -0.910. The van der Waals surface area contributed by atoms with Gasteiger partial charge >= 0.3 is 0 Å². The van der Waals surface area contributed by atoms with Gasteiger partial charge < -0.3 is 0 Å². The molecule has 3 aromatic rings. The van der Waals surface area contributed by atoms with E-state index in [4.69, 9.17) is 11.6 Å². The van der Waals surface area contributed by atoms with E-state index in [1.807, 2.05) is 22.8 Å². The third kappa shape index (κ3) is 2.51. The summed E-state index contributed by atoms with van der Waals surface area (Å²) in [5.74, 6) is 0.645. The Bertz CT molecular complexity index is 825. The number of aromatic nitrogens is 2. The van der Waals surface area contributed by atoms with Crippen LogP contribution in [0.3, 0.4) is 0 Å². The number of alkyl halides is 1. The van der Waals surface area contributed by atoms with Crippen LogP contribution in [0.25, 0.3) is 16.7 Å². The SMILES string of the molecule is Cc1cc2c(cc1F)nc(CCl)n2-c1c(Br)cccc1Br. The van der Waals surface area contributed by atoms with Crippen molar-refractivity contribution in [2.24, 2.45) is 0 Å². The zero-order valence-electron chi connectivity index (χ0n) is 11.0. The molecule has 0 bridgehead atoms. The van der Waals surface area contributed by atoms with Crippen molar-refractivity contribution in [2.45, 2.75) is 12.8 Å². The zero-order valence-corrected chi connectivity index (χ0v) is 14.9. The lowest BCUT2D eigenvalue weighted by Crippen LogP contribution is -2.01. The van der Waals surface area contributed by atoms with Crippen molar-refractivity contribution in [3.8, 4) is 5.69 Å². The van der Waals surface area contributed by atoms with E-state index in [-0.39, 0.29) is 11.7 Å². The van der Waals surface area contributed by atoms with Gasteiger partial charge in [-0.1, -0.05) is 6.07 Å². The van der Waals surface area contributed by atoms with E-state index in [2.05, 4.69) is 36.8 Å². The molecular formula is C15H10Br2ClFN2. The van der Waals surface area contributed by atoms with Gasteiger partial charge in [-0.25, -0.2) is 9.37 Å². The number of benzene rings is 2. The molecule has 1 heterocycles. The Balaban J connectivity index is 2.43. The van der Waals surface area contributed by atoms with Crippen LogP contribution in [0.2, 0.25) is 0 Å². The molecule has 108 valence electrons. The van der Waals surface area contributed by atoms with Gasteiger partial charge in [0.15, 0.2) is 0 Å². The Morgan fingerprint density at radius 1 is 1.24 bits per heavy atom. The van der Waals surface area contributed by atoms with Crippen LogP contribution in [0, 0.1) is 12.7 Å². The number of halogens is 4. The van der Waals surface area contributed by atoms with Gasteiger partial charge in [-0.2, -0.15) is 0 Å². The quantitative estimate of drug-likeness (QED) is 0.473. The summed E-state index contributed by atoms with van der Waals surface area (Å²) in [4.78, 5) is 4.44. The van der Waals surface area contributed by atoms with Gasteiger partial charge in [0.1, 0.15) is 11.6 Å². The number of para-hydroxylation sites is 1. The fourth-order valence-corrected chi connectivity index (χ4v) is 3.83. The molecule has 0 N–H and O–H groups in total. The minimum atomic E-state index is -0.264. The molecule has 0 saturated carbocycles. The Morgan fingerprint density at radius 3 is 2.52 bits per heavy atom. The molecule has 0 aliphatic rings. The predicted molar refractivity (Wildman–Crippen MR) is 90.7 cm³/mol. The first-order valence-electron chi connectivity index (χ1n) is 6.20. The number of hydrogen-bond donors (Lipinski definition) is 0. The first-order chi connectivity index (χ1) is 10.0. The molecule has 0 fully saturated rings. The molecule has 0 radical (unpaired) electrons. The Kier molecular flexibility index (Phi) is 4.08. The summed E-state index contributed by atoms with van der Waals surface area (Å²) >= 11 is 13.1. The van der Waals surface area contributed by atoms with Crippen molar-refractivity contribution in [2.75, 3.05) is 0 Å². The molecule has 0 atom stereocenters. The Morgan fingerprint density at radius 2 is 1.90 bits per heavy atom. The van der Waals surface area contributed by atoms with Crippen molar-refractivity contribution in [1.29, 1.82) is 0 Å². The third-order valence-electron chi connectivity index (χ3n) is 3.29. The number of imidazole rings is 1. The third-order valence-corrected chi connectivity index (χ3v) is 4.80. The van der Waals surface area contributed by atoms with Crippen LogP contribution < -0.4 is 0 Å². The highest BCUT2D eigenvalue weighted by molar-refractivity contribution is 9.11. The minimum absolute atomic E-state index is 0.239. The van der Waals surface area contributed by atoms with Crippen LogP contribution in [0.4, 0.5) is 4.39 Å². The summed E-state index contributed by atoms with van der Waals surface area (Å²) < 4.78 is 17.5. The molecule has 3 rings (SSSR count). The first-order valence-corrected chi connectivity index (χ1v) is 8.33. The standard InChI is InChI=1S/C15H10Br2ClFN2/c1-8-5-13-12(6-11(8)19)20-14(7-18)21(13)15-9(16)3-2-4-10(15)17/h2-6H,7H2,1H3. The van der Waals surface area contributed by atoms with Crippen LogP contribution in [0.5, 0.6) is 0 Å². The molecule has 2 aromatic carbocycles. The summed E-state index contributed by atoms with van der Waals surface area (Å²) in [6, 6.07) is 9.06. The number of rotatable bonds is 2. The summed E-state index contributed by atoms with van der Waals surface area (Å²) in [5, 5.41) is 0. The normalized spacial score (nSPS) is 11.3. The van der Waals surface area contributed by atoms with Crippen LogP contribution >= 0.6 is 43.5 Å². The molecule has 0 aliphatic heterocycles. The van der Waals surface area contributed by atoms with Gasteiger partial charge in [-0.05, 0) is 62.5 Å². The molecule has 0 saturated heterocycles. The topological polar surface area (TPSA) is 17.8 Å². The molecule has 6 heteroatoms. The highest BCUT2D eigenvalue weighted by atomic mass is 79.9. The molecular weight excluding hydrogens is 422 g/mol. The number of fused-ring (bicyclic) bond motifs is 1. The summed E-state index contributed by atoms with van der Waals surface area (Å²) in [7, 11) is 0. The molecule has 0 aliphatic carbocycles. The fraction of sp³-hybridized carbons (Fsp3) is 0.133. The van der Waals surface area contributed by atoms with Gasteiger partial charge in [0.25, 0.3) is 0 Å². The summed E-state index contributed by atoms with van der Waals surface area (Å²) in [6.07, 6.45) is 0. The van der Waals surface area contributed by atoms with Crippen LogP contribution in [0.15, 0.2) is 39.3 Å². The van der Waals surface area contributed by atoms with Gasteiger partial charge in [0.2, 0.25) is 0 Å². The summed E-state index contributed by atoms with van der Waals surface area (Å²) in [5.41, 5.74) is 2.91. The predicted octanol–water partition coefficient (Wildman–Crippen LogP) is 5.74. The molecule has 0 amide bonds. The fourth-order valence-electron chi connectivity index (χ4n) is 2.29. The maximum atomic E-state index is 13.8. The van der Waals surface area contributed by atoms with Crippen molar-refractivity contribution < 1.29 is 4.39 Å². The van der Waals surface area contributed by atoms with Crippen molar-refractivity contribution >= 4 is 54.5 Å². The highest BCUT2D eigenvalue weighted by Gasteiger charge is 2.17. The molecule has 0 unspecified atom stereocenters. The Labute approximate surface area is 143 Å².